The lowest BCUT2D eigenvalue weighted by Gasteiger charge is -2.32. The van der Waals surface area contributed by atoms with E-state index < -0.39 is 23.6 Å². The van der Waals surface area contributed by atoms with Crippen LogP contribution in [0.25, 0.3) is 0 Å². The number of Topliss-reactive ketones (excluding diaryl/α,β-unsaturated/α-hetero) is 2. The molecule has 0 bridgehead atoms. The summed E-state index contributed by atoms with van der Waals surface area (Å²) in [4.78, 5) is 53.9. The molecule has 41 heavy (non-hydrogen) atoms. The van der Waals surface area contributed by atoms with Crippen LogP contribution in [0.1, 0.15) is 75.4 Å². The molecule has 0 radical (unpaired) electrons. The van der Waals surface area contributed by atoms with Crippen LogP contribution in [0.15, 0.2) is 66.7 Å². The highest BCUT2D eigenvalue weighted by atomic mass is 19.1. The normalized spacial score (nSPS) is 20.0. The number of fused-ring (bicyclic) bond motifs is 1. The van der Waals surface area contributed by atoms with Crippen LogP contribution >= 0.6 is 0 Å². The number of ketones is 2. The van der Waals surface area contributed by atoms with Gasteiger partial charge in [0.1, 0.15) is 24.0 Å². The third-order valence-electron chi connectivity index (χ3n) is 8.41. The number of imide groups is 1. The summed E-state index contributed by atoms with van der Waals surface area (Å²) in [6.45, 7) is 3.04. The van der Waals surface area contributed by atoms with Crippen molar-refractivity contribution in [3.05, 3.63) is 100 Å². The molecule has 6 rings (SSSR count). The smallest absolute Gasteiger partial charge is 0.266 e. The highest BCUT2D eigenvalue weighted by Crippen LogP contribution is 2.35. The quantitative estimate of drug-likeness (QED) is 0.300. The predicted molar refractivity (Wildman–Crippen MR) is 149 cm³/mol. The van der Waals surface area contributed by atoms with E-state index in [1.807, 2.05) is 24.3 Å². The lowest BCUT2D eigenvalue weighted by atomic mass is 9.89. The van der Waals surface area contributed by atoms with Crippen LogP contribution in [0, 0.1) is 5.82 Å². The molecule has 1 aliphatic carbocycles. The number of nitrogens with zero attached hydrogens (tertiary/aromatic N) is 2. The number of halogens is 1. The van der Waals surface area contributed by atoms with Gasteiger partial charge < -0.3 is 4.74 Å². The van der Waals surface area contributed by atoms with Crippen LogP contribution < -0.4 is 4.74 Å². The van der Waals surface area contributed by atoms with Gasteiger partial charge >= 0.3 is 0 Å². The van der Waals surface area contributed by atoms with Crippen LogP contribution in [0.5, 0.6) is 5.75 Å². The Balaban J connectivity index is 1.05. The van der Waals surface area contributed by atoms with E-state index in [2.05, 4.69) is 17.0 Å². The van der Waals surface area contributed by atoms with Crippen molar-refractivity contribution in [2.75, 3.05) is 13.1 Å². The number of ether oxygens (including phenoxy) is 1. The highest BCUT2D eigenvalue weighted by molar-refractivity contribution is 6.24. The van der Waals surface area contributed by atoms with Crippen LogP contribution in [0.3, 0.4) is 0 Å². The van der Waals surface area contributed by atoms with E-state index in [9.17, 15) is 23.6 Å². The van der Waals surface area contributed by atoms with E-state index in [1.165, 1.54) is 23.3 Å². The second-order valence-corrected chi connectivity index (χ2v) is 11.1. The Bertz CT molecular complexity index is 1490. The molecule has 7 nitrogen and oxygen atoms in total. The van der Waals surface area contributed by atoms with Crippen LogP contribution in [-0.2, 0) is 22.7 Å². The Labute approximate surface area is 237 Å². The number of carbonyl (C=O) groups is 4. The van der Waals surface area contributed by atoms with Gasteiger partial charge in [0.25, 0.3) is 11.8 Å². The molecule has 2 fully saturated rings. The van der Waals surface area contributed by atoms with Gasteiger partial charge in [-0.15, -0.1) is 0 Å². The van der Waals surface area contributed by atoms with E-state index in [1.54, 1.807) is 18.2 Å². The Morgan fingerprint density at radius 1 is 0.805 bits per heavy atom. The van der Waals surface area contributed by atoms with Gasteiger partial charge in [0.2, 0.25) is 0 Å². The molecule has 2 amide bonds. The van der Waals surface area contributed by atoms with E-state index in [0.29, 0.717) is 11.7 Å². The first-order valence-electron chi connectivity index (χ1n) is 14.1. The third-order valence-corrected chi connectivity index (χ3v) is 8.41. The van der Waals surface area contributed by atoms with Crippen molar-refractivity contribution in [3.63, 3.8) is 0 Å². The third kappa shape index (κ3) is 5.57. The van der Waals surface area contributed by atoms with E-state index >= 15 is 0 Å². The largest absolute Gasteiger partial charge is 0.488 e. The first kappa shape index (κ1) is 27.0. The summed E-state index contributed by atoms with van der Waals surface area (Å²) in [5, 5.41) is 0. The summed E-state index contributed by atoms with van der Waals surface area (Å²) < 4.78 is 19.3. The zero-order chi connectivity index (χ0) is 28.5. The van der Waals surface area contributed by atoms with Crippen LogP contribution in [0.4, 0.5) is 4.39 Å². The SMILES string of the molecule is O=C1CCC(N2C(=O)c3cccc(OCc4ccc(CN5CCC(c6ccc(F)cc6)CC5)cc4)c3C2=O)C(=O)C1. The summed E-state index contributed by atoms with van der Waals surface area (Å²) in [6.07, 6.45) is 2.19. The molecule has 2 heterocycles. The van der Waals surface area contributed by atoms with Gasteiger partial charge in [0.05, 0.1) is 23.6 Å². The summed E-state index contributed by atoms with van der Waals surface area (Å²) in [7, 11) is 0. The van der Waals surface area contributed by atoms with Gasteiger partial charge in [0, 0.05) is 13.0 Å². The Morgan fingerprint density at radius 2 is 1.51 bits per heavy atom. The summed E-state index contributed by atoms with van der Waals surface area (Å²) in [6, 6.07) is 19.0. The number of hydrogen-bond acceptors (Lipinski definition) is 6. The Kier molecular flexibility index (Phi) is 7.49. The standard InChI is InChI=1S/C33H31FN2O5/c34-25-10-8-23(9-11-25)24-14-16-35(17-15-24)19-21-4-6-22(7-5-21)20-41-30-3-1-2-27-31(30)33(40)36(32(27)39)28-13-12-26(37)18-29(28)38/h1-11,24,28H,12-20H2. The van der Waals surface area contributed by atoms with Crippen molar-refractivity contribution >= 4 is 23.4 Å². The summed E-state index contributed by atoms with van der Waals surface area (Å²) >= 11 is 0. The fourth-order valence-corrected chi connectivity index (χ4v) is 6.13. The maximum Gasteiger partial charge on any atom is 0.266 e. The van der Waals surface area contributed by atoms with Gasteiger partial charge in [-0.2, -0.15) is 0 Å². The fourth-order valence-electron chi connectivity index (χ4n) is 6.13. The lowest BCUT2D eigenvalue weighted by Crippen LogP contribution is -2.47. The first-order chi connectivity index (χ1) is 19.9. The molecule has 8 heteroatoms. The van der Waals surface area contributed by atoms with Crippen molar-refractivity contribution in [2.24, 2.45) is 0 Å². The van der Waals surface area contributed by atoms with E-state index in [0.717, 1.165) is 42.9 Å². The maximum atomic E-state index is 13.3. The van der Waals surface area contributed by atoms with Gasteiger partial charge in [-0.25, -0.2) is 4.39 Å². The number of amides is 2. The number of benzene rings is 3. The zero-order valence-electron chi connectivity index (χ0n) is 22.7. The minimum atomic E-state index is -0.908. The predicted octanol–water partition coefficient (Wildman–Crippen LogP) is 5.07. The number of carbonyl (C=O) groups excluding carboxylic acids is 4. The number of likely N-dealkylation sites (tertiary alicyclic amines) is 1. The number of piperidine rings is 1. The molecular formula is C33H31FN2O5. The molecule has 3 aromatic carbocycles. The summed E-state index contributed by atoms with van der Waals surface area (Å²) in [5.41, 5.74) is 3.72. The van der Waals surface area contributed by atoms with Crippen LogP contribution in [-0.4, -0.2) is 52.3 Å². The Hall–Kier alpha value is -4.17. The minimum Gasteiger partial charge on any atom is -0.488 e. The molecule has 0 spiro atoms. The average Bonchev–Trinajstić information content (AvgIpc) is 3.23. The molecule has 1 atom stereocenters. The minimum absolute atomic E-state index is 0.163. The van der Waals surface area contributed by atoms with Gasteiger partial charge in [-0.1, -0.05) is 42.5 Å². The van der Waals surface area contributed by atoms with Crippen molar-refractivity contribution in [1.82, 2.24) is 9.80 Å². The molecule has 2 aliphatic heterocycles. The van der Waals surface area contributed by atoms with E-state index in [-0.39, 0.29) is 48.6 Å². The molecule has 1 saturated carbocycles. The molecule has 210 valence electrons. The summed E-state index contributed by atoms with van der Waals surface area (Å²) in [5.74, 6) is -1.06. The second-order valence-electron chi connectivity index (χ2n) is 11.1. The van der Waals surface area contributed by atoms with Crippen LogP contribution in [0.2, 0.25) is 0 Å². The molecule has 1 saturated heterocycles. The van der Waals surface area contributed by atoms with Crippen molar-refractivity contribution in [2.45, 2.75) is 57.2 Å². The topological polar surface area (TPSA) is 84.0 Å². The van der Waals surface area contributed by atoms with Gasteiger partial charge in [-0.05, 0) is 79.2 Å². The average molecular weight is 555 g/mol. The van der Waals surface area contributed by atoms with Gasteiger partial charge in [-0.3, -0.25) is 29.0 Å². The molecule has 1 unspecified atom stereocenters. The van der Waals surface area contributed by atoms with E-state index in [4.69, 9.17) is 4.74 Å². The molecule has 3 aromatic rings. The van der Waals surface area contributed by atoms with Crippen molar-refractivity contribution < 1.29 is 28.3 Å². The monoisotopic (exact) mass is 554 g/mol. The Morgan fingerprint density at radius 3 is 2.22 bits per heavy atom. The maximum absolute atomic E-state index is 13.3. The molecule has 3 aliphatic rings. The van der Waals surface area contributed by atoms with Gasteiger partial charge in [0.15, 0.2) is 5.78 Å². The highest BCUT2D eigenvalue weighted by Gasteiger charge is 2.45. The molecule has 0 aromatic heterocycles. The zero-order valence-corrected chi connectivity index (χ0v) is 22.7. The number of rotatable bonds is 7. The molecule has 0 N–H and O–H groups in total. The van der Waals surface area contributed by atoms with Crippen molar-refractivity contribution in [1.29, 1.82) is 0 Å². The second kappa shape index (κ2) is 11.4. The molecular weight excluding hydrogens is 523 g/mol. The fraction of sp³-hybridized carbons (Fsp3) is 0.333. The lowest BCUT2D eigenvalue weighted by molar-refractivity contribution is -0.132. The number of hydrogen-bond donors (Lipinski definition) is 0. The first-order valence-corrected chi connectivity index (χ1v) is 14.1. The van der Waals surface area contributed by atoms with Crippen molar-refractivity contribution in [3.8, 4) is 5.75 Å².